The predicted octanol–water partition coefficient (Wildman–Crippen LogP) is 3.73. The van der Waals surface area contributed by atoms with Crippen molar-refractivity contribution < 1.29 is 4.39 Å². The van der Waals surface area contributed by atoms with Crippen LogP contribution >= 0.6 is 0 Å². The molecule has 2 aromatic rings. The number of aryl methyl sites for hydroxylation is 1. The molecule has 3 heteroatoms. The van der Waals surface area contributed by atoms with Crippen molar-refractivity contribution >= 4 is 0 Å². The molecular formula is C17H19FN2. The maximum atomic E-state index is 13.7. The summed E-state index contributed by atoms with van der Waals surface area (Å²) in [6, 6.07) is 9.97. The Kier molecular flexibility index (Phi) is 3.79. The zero-order chi connectivity index (χ0) is 13.9. The molecule has 0 saturated carbocycles. The van der Waals surface area contributed by atoms with Crippen molar-refractivity contribution in [3.63, 3.8) is 0 Å². The van der Waals surface area contributed by atoms with Crippen LogP contribution in [0.15, 0.2) is 42.7 Å². The van der Waals surface area contributed by atoms with Crippen molar-refractivity contribution in [3.05, 3.63) is 65.2 Å². The van der Waals surface area contributed by atoms with Crippen LogP contribution in [-0.4, -0.2) is 4.98 Å². The van der Waals surface area contributed by atoms with Crippen molar-refractivity contribution in [2.45, 2.75) is 37.6 Å². The summed E-state index contributed by atoms with van der Waals surface area (Å²) in [4.78, 5) is 3.78. The van der Waals surface area contributed by atoms with Gasteiger partial charge >= 0.3 is 0 Å². The number of nitrogens with two attached hydrogens (primary N) is 1. The highest BCUT2D eigenvalue weighted by Crippen LogP contribution is 2.37. The lowest BCUT2D eigenvalue weighted by atomic mass is 9.79. The van der Waals surface area contributed by atoms with Crippen molar-refractivity contribution in [1.82, 2.24) is 4.98 Å². The number of hydrogen-bond acceptors (Lipinski definition) is 2. The largest absolute Gasteiger partial charge is 0.324 e. The Morgan fingerprint density at radius 2 is 2.15 bits per heavy atom. The van der Waals surface area contributed by atoms with Gasteiger partial charge in [0.1, 0.15) is 5.82 Å². The summed E-state index contributed by atoms with van der Waals surface area (Å²) in [6.45, 7) is 0. The number of rotatable bonds is 3. The van der Waals surface area contributed by atoms with Crippen LogP contribution in [-0.2, 0) is 6.42 Å². The predicted molar refractivity (Wildman–Crippen MR) is 77.9 cm³/mol. The first kappa shape index (κ1) is 13.3. The second kappa shape index (κ2) is 5.71. The van der Waals surface area contributed by atoms with Gasteiger partial charge in [-0.05, 0) is 48.8 Å². The van der Waals surface area contributed by atoms with E-state index >= 15 is 0 Å². The van der Waals surface area contributed by atoms with E-state index in [1.165, 1.54) is 23.7 Å². The van der Waals surface area contributed by atoms with Gasteiger partial charge in [-0.2, -0.15) is 0 Å². The van der Waals surface area contributed by atoms with Gasteiger partial charge in [0.25, 0.3) is 0 Å². The van der Waals surface area contributed by atoms with Crippen molar-refractivity contribution in [2.24, 2.45) is 5.73 Å². The maximum absolute atomic E-state index is 13.7. The fourth-order valence-corrected chi connectivity index (χ4v) is 3.22. The van der Waals surface area contributed by atoms with Crippen LogP contribution in [0.2, 0.25) is 0 Å². The normalized spacial score (nSPS) is 19.4. The minimum absolute atomic E-state index is 0.269. The van der Waals surface area contributed by atoms with E-state index in [2.05, 4.69) is 29.2 Å². The van der Waals surface area contributed by atoms with Gasteiger partial charge in [-0.15, -0.1) is 0 Å². The summed E-state index contributed by atoms with van der Waals surface area (Å²) in [7, 11) is 0. The van der Waals surface area contributed by atoms with Gasteiger partial charge in [-0.3, -0.25) is 4.98 Å². The highest BCUT2D eigenvalue weighted by molar-refractivity contribution is 5.33. The molecule has 2 N–H and O–H groups in total. The third kappa shape index (κ3) is 2.59. The van der Waals surface area contributed by atoms with Gasteiger partial charge in [0, 0.05) is 17.8 Å². The van der Waals surface area contributed by atoms with Gasteiger partial charge in [0.15, 0.2) is 0 Å². The number of halogens is 1. The molecule has 20 heavy (non-hydrogen) atoms. The van der Waals surface area contributed by atoms with Gasteiger partial charge in [0.05, 0.1) is 6.20 Å². The highest BCUT2D eigenvalue weighted by Gasteiger charge is 2.23. The first-order chi connectivity index (χ1) is 9.75. The van der Waals surface area contributed by atoms with Crippen molar-refractivity contribution in [2.75, 3.05) is 0 Å². The quantitative estimate of drug-likeness (QED) is 0.923. The van der Waals surface area contributed by atoms with E-state index in [1.807, 2.05) is 0 Å². The van der Waals surface area contributed by atoms with Crippen LogP contribution in [0.5, 0.6) is 0 Å². The van der Waals surface area contributed by atoms with Crippen LogP contribution in [0.3, 0.4) is 0 Å². The number of nitrogens with zero attached hydrogens (tertiary/aromatic N) is 1. The molecule has 0 fully saturated rings. The van der Waals surface area contributed by atoms with Gasteiger partial charge in [0.2, 0.25) is 0 Å². The fraction of sp³-hybridized carbons (Fsp3) is 0.353. The number of hydrogen-bond donors (Lipinski definition) is 1. The highest BCUT2D eigenvalue weighted by atomic mass is 19.1. The molecular weight excluding hydrogens is 251 g/mol. The van der Waals surface area contributed by atoms with E-state index in [-0.39, 0.29) is 11.9 Å². The number of benzene rings is 1. The lowest BCUT2D eigenvalue weighted by Gasteiger charge is -2.27. The summed E-state index contributed by atoms with van der Waals surface area (Å²) in [5, 5.41) is 0. The number of aromatic nitrogens is 1. The molecule has 1 aromatic carbocycles. The van der Waals surface area contributed by atoms with Gasteiger partial charge < -0.3 is 5.73 Å². The van der Waals surface area contributed by atoms with Crippen LogP contribution in [0, 0.1) is 5.82 Å². The van der Waals surface area contributed by atoms with Crippen molar-refractivity contribution in [3.8, 4) is 0 Å². The first-order valence-corrected chi connectivity index (χ1v) is 7.18. The third-order valence-electron chi connectivity index (χ3n) is 4.24. The number of fused-ring (bicyclic) bond motifs is 1. The monoisotopic (exact) mass is 270 g/mol. The molecule has 0 amide bonds. The topological polar surface area (TPSA) is 38.9 Å². The Morgan fingerprint density at radius 3 is 3.00 bits per heavy atom. The zero-order valence-corrected chi connectivity index (χ0v) is 11.4. The lowest BCUT2D eigenvalue weighted by Crippen LogP contribution is -2.19. The third-order valence-corrected chi connectivity index (χ3v) is 4.24. The second-order valence-corrected chi connectivity index (χ2v) is 5.53. The van der Waals surface area contributed by atoms with E-state index < -0.39 is 0 Å². The SMILES string of the molecule is NC(CC1CCCc2ccccc21)c1ccncc1F. The molecule has 0 aliphatic heterocycles. The molecule has 2 nitrogen and oxygen atoms in total. The smallest absolute Gasteiger partial charge is 0.146 e. The van der Waals surface area contributed by atoms with E-state index in [4.69, 9.17) is 5.73 Å². The average molecular weight is 270 g/mol. The Labute approximate surface area is 118 Å². The molecule has 104 valence electrons. The van der Waals surface area contributed by atoms with Gasteiger partial charge in [-0.25, -0.2) is 4.39 Å². The van der Waals surface area contributed by atoms with E-state index in [1.54, 1.807) is 12.3 Å². The zero-order valence-electron chi connectivity index (χ0n) is 11.4. The average Bonchev–Trinajstić information content (AvgIpc) is 2.48. The molecule has 0 spiro atoms. The van der Waals surface area contributed by atoms with Crippen LogP contribution in [0.1, 0.15) is 47.9 Å². The van der Waals surface area contributed by atoms with E-state index in [9.17, 15) is 4.39 Å². The molecule has 3 rings (SSSR count). The minimum atomic E-state index is -0.302. The summed E-state index contributed by atoms with van der Waals surface area (Å²) >= 11 is 0. The lowest BCUT2D eigenvalue weighted by molar-refractivity contribution is 0.464. The summed E-state index contributed by atoms with van der Waals surface area (Å²) in [5.74, 6) is 0.131. The summed E-state index contributed by atoms with van der Waals surface area (Å²) in [5.41, 5.74) is 9.60. The van der Waals surface area contributed by atoms with Crippen LogP contribution in [0.4, 0.5) is 4.39 Å². The molecule has 1 aromatic heterocycles. The van der Waals surface area contributed by atoms with Crippen LogP contribution < -0.4 is 5.73 Å². The molecule has 1 aliphatic carbocycles. The molecule has 1 aliphatic rings. The summed E-state index contributed by atoms with van der Waals surface area (Å²) < 4.78 is 13.7. The number of pyridine rings is 1. The Morgan fingerprint density at radius 1 is 1.30 bits per heavy atom. The Balaban J connectivity index is 1.81. The summed E-state index contributed by atoms with van der Waals surface area (Å²) in [6.07, 6.45) is 7.10. The first-order valence-electron chi connectivity index (χ1n) is 7.18. The second-order valence-electron chi connectivity index (χ2n) is 5.53. The van der Waals surface area contributed by atoms with Crippen molar-refractivity contribution in [1.29, 1.82) is 0 Å². The molecule has 0 radical (unpaired) electrons. The Bertz CT molecular complexity index is 597. The maximum Gasteiger partial charge on any atom is 0.146 e. The standard InChI is InChI=1S/C17H19FN2/c18-16-11-20-9-8-15(16)17(19)10-13-6-3-5-12-4-1-2-7-14(12)13/h1-2,4,7-9,11,13,17H,3,5-6,10,19H2. The minimum Gasteiger partial charge on any atom is -0.324 e. The van der Waals surface area contributed by atoms with Crippen LogP contribution in [0.25, 0.3) is 0 Å². The fourth-order valence-electron chi connectivity index (χ4n) is 3.22. The van der Waals surface area contributed by atoms with Gasteiger partial charge in [-0.1, -0.05) is 24.3 Å². The van der Waals surface area contributed by atoms with E-state index in [0.717, 1.165) is 19.3 Å². The molecule has 2 unspecified atom stereocenters. The molecule has 1 heterocycles. The molecule has 2 atom stereocenters. The van der Waals surface area contributed by atoms with E-state index in [0.29, 0.717) is 11.5 Å². The molecule has 0 bridgehead atoms. The Hall–Kier alpha value is -1.74. The molecule has 0 saturated heterocycles.